The van der Waals surface area contributed by atoms with E-state index in [1.54, 1.807) is 13.0 Å². The molecule has 34 heavy (non-hydrogen) atoms. The standard InChI is InChI=1S/C23H18N6O5/c1-2-20(31)28-18-9-19(30)16(8-14(18)13-5-6-26-27-11-13)21(25)22(32)29-17-4-3-12(10-24)7-15(17)23(33)34/h3-9,11,25,30H,2H2,1H3,(H,28,31)(H,29,32)(H,33,34). The normalized spacial score (nSPS) is 10.1. The van der Waals surface area contributed by atoms with Crippen molar-refractivity contribution in [3.63, 3.8) is 0 Å². The Bertz CT molecular complexity index is 1350. The highest BCUT2D eigenvalue weighted by atomic mass is 16.4. The van der Waals surface area contributed by atoms with Gasteiger partial charge in [-0.05, 0) is 30.3 Å². The maximum absolute atomic E-state index is 12.8. The minimum absolute atomic E-state index is 0.0865. The van der Waals surface area contributed by atoms with E-state index in [0.29, 0.717) is 11.1 Å². The van der Waals surface area contributed by atoms with Gasteiger partial charge in [0.05, 0.1) is 41.0 Å². The number of carbonyl (C=O) groups is 3. The molecule has 0 spiro atoms. The molecule has 0 radical (unpaired) electrons. The van der Waals surface area contributed by atoms with Gasteiger partial charge in [0.1, 0.15) is 11.5 Å². The molecule has 0 aliphatic carbocycles. The van der Waals surface area contributed by atoms with Crippen molar-refractivity contribution in [1.29, 1.82) is 10.7 Å². The first-order valence-corrected chi connectivity index (χ1v) is 9.86. The van der Waals surface area contributed by atoms with Crippen LogP contribution in [-0.2, 0) is 9.59 Å². The summed E-state index contributed by atoms with van der Waals surface area (Å²) in [5.41, 5.74) is -0.0448. The molecule has 3 rings (SSSR count). The van der Waals surface area contributed by atoms with Gasteiger partial charge in [-0.2, -0.15) is 15.5 Å². The van der Waals surface area contributed by atoms with E-state index in [9.17, 15) is 24.6 Å². The number of carboxylic acids is 1. The lowest BCUT2D eigenvalue weighted by molar-refractivity contribution is -0.116. The Labute approximate surface area is 193 Å². The van der Waals surface area contributed by atoms with Crippen molar-refractivity contribution >= 4 is 34.9 Å². The molecule has 1 heterocycles. The SMILES string of the molecule is CCC(=O)Nc1cc(O)c(C(=N)C(=O)Nc2ccc(C#N)cc2C(=O)O)cc1-c1ccnnc1. The van der Waals surface area contributed by atoms with Crippen LogP contribution in [0.25, 0.3) is 11.1 Å². The summed E-state index contributed by atoms with van der Waals surface area (Å²) >= 11 is 0. The third-order valence-electron chi connectivity index (χ3n) is 4.75. The second kappa shape index (κ2) is 10.0. The smallest absolute Gasteiger partial charge is 0.337 e. The highest BCUT2D eigenvalue weighted by molar-refractivity contribution is 6.48. The number of phenols is 1. The number of hydrogen-bond donors (Lipinski definition) is 5. The number of aromatic nitrogens is 2. The first kappa shape index (κ1) is 23.6. The summed E-state index contributed by atoms with van der Waals surface area (Å²) in [5, 5.41) is 49.6. The summed E-state index contributed by atoms with van der Waals surface area (Å²) in [7, 11) is 0. The molecule has 5 N–H and O–H groups in total. The number of aromatic hydroxyl groups is 1. The number of benzene rings is 2. The number of nitrogens with one attached hydrogen (secondary N) is 3. The van der Waals surface area contributed by atoms with Gasteiger partial charge in [0.15, 0.2) is 0 Å². The van der Waals surface area contributed by atoms with E-state index < -0.39 is 23.3 Å². The highest BCUT2D eigenvalue weighted by Gasteiger charge is 2.22. The molecular formula is C23H18N6O5. The van der Waals surface area contributed by atoms with Crippen LogP contribution in [0.4, 0.5) is 11.4 Å². The quantitative estimate of drug-likeness (QED) is 0.334. The molecule has 0 fully saturated rings. The van der Waals surface area contributed by atoms with Crippen molar-refractivity contribution in [3.05, 3.63) is 65.5 Å². The molecule has 2 aromatic carbocycles. The lowest BCUT2D eigenvalue weighted by atomic mass is 9.98. The van der Waals surface area contributed by atoms with E-state index in [2.05, 4.69) is 20.8 Å². The van der Waals surface area contributed by atoms with Crippen LogP contribution in [0.2, 0.25) is 0 Å². The number of carboxylic acid groups (broad SMARTS) is 1. The average molecular weight is 458 g/mol. The van der Waals surface area contributed by atoms with Crippen LogP contribution >= 0.6 is 0 Å². The predicted molar refractivity (Wildman–Crippen MR) is 122 cm³/mol. The fraction of sp³-hybridized carbons (Fsp3) is 0.0870. The second-order valence-corrected chi connectivity index (χ2v) is 6.95. The summed E-state index contributed by atoms with van der Waals surface area (Å²) in [6.07, 6.45) is 3.02. The van der Waals surface area contributed by atoms with E-state index in [1.807, 2.05) is 6.07 Å². The number of nitrogens with zero attached hydrogens (tertiary/aromatic N) is 3. The summed E-state index contributed by atoms with van der Waals surface area (Å²) in [6.45, 7) is 1.66. The van der Waals surface area contributed by atoms with Crippen LogP contribution in [0.15, 0.2) is 48.8 Å². The van der Waals surface area contributed by atoms with E-state index in [4.69, 9.17) is 10.7 Å². The lowest BCUT2D eigenvalue weighted by Gasteiger charge is -2.15. The minimum atomic E-state index is -1.37. The molecule has 1 aromatic heterocycles. The monoisotopic (exact) mass is 458 g/mol. The highest BCUT2D eigenvalue weighted by Crippen LogP contribution is 2.34. The van der Waals surface area contributed by atoms with Crippen molar-refractivity contribution in [3.8, 4) is 22.9 Å². The van der Waals surface area contributed by atoms with E-state index in [-0.39, 0.29) is 40.4 Å². The fourth-order valence-electron chi connectivity index (χ4n) is 3.03. The Hall–Kier alpha value is -5.11. The lowest BCUT2D eigenvalue weighted by Crippen LogP contribution is -2.24. The maximum Gasteiger partial charge on any atom is 0.337 e. The molecule has 0 saturated carbocycles. The fourth-order valence-corrected chi connectivity index (χ4v) is 3.03. The summed E-state index contributed by atoms with van der Waals surface area (Å²) < 4.78 is 0. The largest absolute Gasteiger partial charge is 0.507 e. The van der Waals surface area contributed by atoms with Gasteiger partial charge in [0, 0.05) is 29.2 Å². The third-order valence-corrected chi connectivity index (χ3v) is 4.75. The van der Waals surface area contributed by atoms with Gasteiger partial charge >= 0.3 is 5.97 Å². The van der Waals surface area contributed by atoms with Gasteiger partial charge in [0.2, 0.25) is 5.91 Å². The zero-order chi connectivity index (χ0) is 24.8. The molecule has 0 saturated heterocycles. The Morgan fingerprint density at radius 2 is 1.82 bits per heavy atom. The van der Waals surface area contributed by atoms with Gasteiger partial charge in [-0.25, -0.2) is 4.79 Å². The Morgan fingerprint density at radius 1 is 1.06 bits per heavy atom. The second-order valence-electron chi connectivity index (χ2n) is 6.95. The van der Waals surface area contributed by atoms with Crippen molar-refractivity contribution in [2.75, 3.05) is 10.6 Å². The summed E-state index contributed by atoms with van der Waals surface area (Å²) in [6, 6.07) is 9.63. The number of anilines is 2. The first-order valence-electron chi connectivity index (χ1n) is 9.86. The number of amides is 2. The van der Waals surface area contributed by atoms with Gasteiger partial charge in [0.25, 0.3) is 5.91 Å². The number of phenolic OH excluding ortho intramolecular Hbond substituents is 1. The van der Waals surface area contributed by atoms with E-state index in [1.165, 1.54) is 36.7 Å². The van der Waals surface area contributed by atoms with Crippen LogP contribution < -0.4 is 10.6 Å². The van der Waals surface area contributed by atoms with E-state index in [0.717, 1.165) is 6.07 Å². The molecule has 0 unspecified atom stereocenters. The minimum Gasteiger partial charge on any atom is -0.507 e. The van der Waals surface area contributed by atoms with Crippen molar-refractivity contribution in [2.45, 2.75) is 13.3 Å². The predicted octanol–water partition coefficient (Wildman–Crippen LogP) is 2.77. The molecule has 0 bridgehead atoms. The van der Waals surface area contributed by atoms with Gasteiger partial charge in [-0.3, -0.25) is 15.0 Å². The van der Waals surface area contributed by atoms with Crippen LogP contribution in [0.1, 0.15) is 34.8 Å². The van der Waals surface area contributed by atoms with Crippen LogP contribution in [0.3, 0.4) is 0 Å². The molecule has 0 atom stereocenters. The summed E-state index contributed by atoms with van der Waals surface area (Å²) in [4.78, 5) is 36.2. The first-order chi connectivity index (χ1) is 16.2. The molecule has 11 nitrogen and oxygen atoms in total. The maximum atomic E-state index is 12.8. The number of aromatic carboxylic acids is 1. The average Bonchev–Trinajstić information content (AvgIpc) is 2.84. The Balaban J connectivity index is 2.00. The van der Waals surface area contributed by atoms with Gasteiger partial charge in [-0.1, -0.05) is 6.92 Å². The molecule has 3 aromatic rings. The summed E-state index contributed by atoms with van der Waals surface area (Å²) in [5.74, 6) is -3.13. The van der Waals surface area contributed by atoms with Gasteiger partial charge in [-0.15, -0.1) is 0 Å². The number of rotatable bonds is 7. The molecular weight excluding hydrogens is 440 g/mol. The topological polar surface area (TPSA) is 189 Å². The molecule has 11 heteroatoms. The number of hydrogen-bond acceptors (Lipinski definition) is 8. The Morgan fingerprint density at radius 3 is 2.44 bits per heavy atom. The zero-order valence-corrected chi connectivity index (χ0v) is 17.8. The van der Waals surface area contributed by atoms with Crippen molar-refractivity contribution in [2.24, 2.45) is 0 Å². The molecule has 170 valence electrons. The van der Waals surface area contributed by atoms with Crippen molar-refractivity contribution in [1.82, 2.24) is 10.2 Å². The number of carbonyl (C=O) groups excluding carboxylic acids is 2. The van der Waals surface area contributed by atoms with Crippen molar-refractivity contribution < 1.29 is 24.6 Å². The van der Waals surface area contributed by atoms with Gasteiger partial charge < -0.3 is 20.8 Å². The van der Waals surface area contributed by atoms with Crippen LogP contribution in [0.5, 0.6) is 5.75 Å². The zero-order valence-electron chi connectivity index (χ0n) is 17.8. The van der Waals surface area contributed by atoms with Crippen LogP contribution in [0, 0.1) is 16.7 Å². The van der Waals surface area contributed by atoms with Crippen LogP contribution in [-0.4, -0.2) is 43.9 Å². The molecule has 2 amide bonds. The molecule has 0 aliphatic rings. The molecule has 0 aliphatic heterocycles. The van der Waals surface area contributed by atoms with E-state index >= 15 is 0 Å². The third kappa shape index (κ3) is 5.03. The Kier molecular flexibility index (Phi) is 6.93. The number of nitriles is 1.